The number of rotatable bonds is 10. The number of nitrogens with zero attached hydrogens (tertiary/aromatic N) is 2. The number of hydrogen-bond acceptors (Lipinski definition) is 6. The molecule has 0 spiro atoms. The van der Waals surface area contributed by atoms with E-state index in [0.29, 0.717) is 36.4 Å². The molecule has 0 aliphatic carbocycles. The zero-order chi connectivity index (χ0) is 22.3. The molecule has 0 saturated carbocycles. The predicted molar refractivity (Wildman–Crippen MR) is 119 cm³/mol. The highest BCUT2D eigenvalue weighted by atomic mass is 32.2. The molecule has 7 nitrogen and oxygen atoms in total. The molecule has 1 amide bonds. The van der Waals surface area contributed by atoms with Crippen LogP contribution >= 0.6 is 11.3 Å². The Kier molecular flexibility index (Phi) is 7.83. The second-order valence-electron chi connectivity index (χ2n) is 7.01. The first-order valence-corrected chi connectivity index (χ1v) is 12.4. The number of aromatic nitrogens is 2. The van der Waals surface area contributed by atoms with Crippen molar-refractivity contribution < 1.29 is 17.6 Å². The van der Waals surface area contributed by atoms with Gasteiger partial charge < -0.3 is 5.32 Å². The van der Waals surface area contributed by atoms with E-state index in [1.807, 2.05) is 30.3 Å². The third kappa shape index (κ3) is 7.20. The summed E-state index contributed by atoms with van der Waals surface area (Å²) in [6.07, 6.45) is 2.95. The van der Waals surface area contributed by atoms with Crippen LogP contribution in [0.1, 0.15) is 40.7 Å². The van der Waals surface area contributed by atoms with E-state index in [4.69, 9.17) is 0 Å². The number of amides is 1. The molecule has 0 bridgehead atoms. The molecule has 3 rings (SSSR count). The van der Waals surface area contributed by atoms with Crippen LogP contribution in [0.3, 0.4) is 0 Å². The molecule has 0 radical (unpaired) electrons. The second kappa shape index (κ2) is 10.6. The minimum atomic E-state index is -3.23. The summed E-state index contributed by atoms with van der Waals surface area (Å²) in [7, 11) is -3.23. The van der Waals surface area contributed by atoms with Gasteiger partial charge in [0.2, 0.25) is 10.0 Å². The summed E-state index contributed by atoms with van der Waals surface area (Å²) < 4.78 is 38.0. The third-order valence-electron chi connectivity index (χ3n) is 4.46. The molecular formula is C21H23FN4O3S2. The van der Waals surface area contributed by atoms with E-state index in [2.05, 4.69) is 20.2 Å². The summed E-state index contributed by atoms with van der Waals surface area (Å²) in [4.78, 5) is 12.7. The quantitative estimate of drug-likeness (QED) is 0.449. The summed E-state index contributed by atoms with van der Waals surface area (Å²) in [5.41, 5.74) is 1.28. The lowest BCUT2D eigenvalue weighted by molar-refractivity contribution is 0.0934. The number of unbranched alkanes of at least 4 members (excludes halogenated alkanes) is 1. The van der Waals surface area contributed by atoms with Gasteiger partial charge in [-0.1, -0.05) is 41.7 Å². The van der Waals surface area contributed by atoms with Crippen LogP contribution in [-0.2, 0) is 10.0 Å². The van der Waals surface area contributed by atoms with Gasteiger partial charge in [-0.3, -0.25) is 4.79 Å². The summed E-state index contributed by atoms with van der Waals surface area (Å²) in [5, 5.41) is 12.9. The normalized spacial score (nSPS) is 12.5. The lowest BCUT2D eigenvalue weighted by atomic mass is 10.1. The summed E-state index contributed by atoms with van der Waals surface area (Å²) in [5.74, 6) is -0.751. The minimum absolute atomic E-state index is 0.322. The highest BCUT2D eigenvalue weighted by Crippen LogP contribution is 2.29. The molecule has 0 saturated heterocycles. The number of halogens is 1. The van der Waals surface area contributed by atoms with Crippen LogP contribution in [0.25, 0.3) is 10.6 Å². The van der Waals surface area contributed by atoms with Crippen LogP contribution in [0.15, 0.2) is 54.6 Å². The highest BCUT2D eigenvalue weighted by molar-refractivity contribution is 7.88. The molecule has 1 aromatic heterocycles. The number of carbonyl (C=O) groups is 1. The van der Waals surface area contributed by atoms with E-state index in [1.54, 1.807) is 0 Å². The van der Waals surface area contributed by atoms with Crippen molar-refractivity contribution in [1.82, 2.24) is 20.2 Å². The van der Waals surface area contributed by atoms with Gasteiger partial charge in [0.25, 0.3) is 5.91 Å². The Bertz CT molecular complexity index is 1100. The number of carbonyl (C=O) groups excluding carboxylic acids is 1. The Balaban J connectivity index is 1.71. The SMILES string of the molecule is CS(=O)(=O)NCCCC[C@H](NC(=O)c1ccc(F)cc1)c1nnc(-c2ccccc2)s1. The van der Waals surface area contributed by atoms with Crippen LogP contribution in [0, 0.1) is 5.82 Å². The van der Waals surface area contributed by atoms with Gasteiger partial charge in [0.05, 0.1) is 12.3 Å². The molecule has 2 N–H and O–H groups in total. The van der Waals surface area contributed by atoms with Gasteiger partial charge in [-0.05, 0) is 43.5 Å². The molecule has 0 aliphatic rings. The first-order chi connectivity index (χ1) is 14.8. The average Bonchev–Trinajstić information content (AvgIpc) is 3.23. The lowest BCUT2D eigenvalue weighted by Crippen LogP contribution is -2.29. The van der Waals surface area contributed by atoms with Crippen molar-refractivity contribution in [3.05, 3.63) is 71.0 Å². The van der Waals surface area contributed by atoms with Crippen molar-refractivity contribution in [2.45, 2.75) is 25.3 Å². The fourth-order valence-electron chi connectivity index (χ4n) is 2.90. The van der Waals surface area contributed by atoms with Gasteiger partial charge in [0, 0.05) is 17.7 Å². The van der Waals surface area contributed by atoms with E-state index < -0.39 is 21.9 Å². The average molecular weight is 463 g/mol. The van der Waals surface area contributed by atoms with Crippen LogP contribution in [-0.4, -0.2) is 37.3 Å². The van der Waals surface area contributed by atoms with E-state index >= 15 is 0 Å². The van der Waals surface area contributed by atoms with Crippen LogP contribution in [0.4, 0.5) is 4.39 Å². The highest BCUT2D eigenvalue weighted by Gasteiger charge is 2.20. The van der Waals surface area contributed by atoms with Gasteiger partial charge in [0.15, 0.2) is 0 Å². The molecule has 0 fully saturated rings. The Hall–Kier alpha value is -2.69. The van der Waals surface area contributed by atoms with E-state index in [0.717, 1.165) is 16.8 Å². The van der Waals surface area contributed by atoms with E-state index in [9.17, 15) is 17.6 Å². The van der Waals surface area contributed by atoms with Gasteiger partial charge in [-0.15, -0.1) is 10.2 Å². The molecule has 3 aromatic rings. The van der Waals surface area contributed by atoms with Crippen molar-refractivity contribution in [3.63, 3.8) is 0 Å². The zero-order valence-corrected chi connectivity index (χ0v) is 18.5. The third-order valence-corrected chi connectivity index (χ3v) is 6.27. The minimum Gasteiger partial charge on any atom is -0.343 e. The fourth-order valence-corrected chi connectivity index (χ4v) is 4.35. The topological polar surface area (TPSA) is 101 Å². The monoisotopic (exact) mass is 462 g/mol. The molecule has 0 aliphatic heterocycles. The molecule has 0 unspecified atom stereocenters. The van der Waals surface area contributed by atoms with Crippen molar-refractivity contribution >= 4 is 27.3 Å². The van der Waals surface area contributed by atoms with Crippen molar-refractivity contribution in [3.8, 4) is 10.6 Å². The van der Waals surface area contributed by atoms with E-state index in [1.165, 1.54) is 35.6 Å². The Morgan fingerprint density at radius 2 is 1.77 bits per heavy atom. The van der Waals surface area contributed by atoms with Gasteiger partial charge >= 0.3 is 0 Å². The number of hydrogen-bond donors (Lipinski definition) is 2. The summed E-state index contributed by atoms with van der Waals surface area (Å²) in [6, 6.07) is 14.5. The zero-order valence-electron chi connectivity index (χ0n) is 16.9. The maximum Gasteiger partial charge on any atom is 0.251 e. The first-order valence-electron chi connectivity index (χ1n) is 9.72. The molecule has 1 heterocycles. The van der Waals surface area contributed by atoms with Crippen LogP contribution in [0.2, 0.25) is 0 Å². The van der Waals surface area contributed by atoms with Gasteiger partial charge in [-0.25, -0.2) is 17.5 Å². The molecule has 164 valence electrons. The number of benzene rings is 2. The predicted octanol–water partition coefficient (Wildman–Crippen LogP) is 3.53. The standard InChI is InChI=1S/C21H23FN4O3S2/c1-31(28,29)23-14-6-5-9-18(24-19(27)15-10-12-17(22)13-11-15)21-26-25-20(30-21)16-7-3-2-4-8-16/h2-4,7-8,10-13,18,23H,5-6,9,14H2,1H3,(H,24,27)/t18-/m0/s1. The maximum atomic E-state index is 13.2. The lowest BCUT2D eigenvalue weighted by Gasteiger charge is -2.16. The Morgan fingerprint density at radius 3 is 2.45 bits per heavy atom. The largest absolute Gasteiger partial charge is 0.343 e. The van der Waals surface area contributed by atoms with Gasteiger partial charge in [0.1, 0.15) is 15.8 Å². The molecule has 1 atom stereocenters. The summed E-state index contributed by atoms with van der Waals surface area (Å²) in [6.45, 7) is 0.322. The Morgan fingerprint density at radius 1 is 1.06 bits per heavy atom. The maximum absolute atomic E-state index is 13.2. The first kappa shape index (κ1) is 23.0. The van der Waals surface area contributed by atoms with Crippen LogP contribution in [0.5, 0.6) is 0 Å². The summed E-state index contributed by atoms with van der Waals surface area (Å²) >= 11 is 1.39. The van der Waals surface area contributed by atoms with Gasteiger partial charge in [-0.2, -0.15) is 0 Å². The molecular weight excluding hydrogens is 439 g/mol. The van der Waals surface area contributed by atoms with Crippen molar-refractivity contribution in [1.29, 1.82) is 0 Å². The smallest absolute Gasteiger partial charge is 0.251 e. The van der Waals surface area contributed by atoms with E-state index in [-0.39, 0.29) is 5.91 Å². The Labute approximate surface area is 184 Å². The molecule has 31 heavy (non-hydrogen) atoms. The van der Waals surface area contributed by atoms with Crippen molar-refractivity contribution in [2.24, 2.45) is 0 Å². The number of nitrogens with one attached hydrogen (secondary N) is 2. The van der Waals surface area contributed by atoms with Crippen LogP contribution < -0.4 is 10.0 Å². The molecule has 2 aromatic carbocycles. The fraction of sp³-hybridized carbons (Fsp3) is 0.286. The van der Waals surface area contributed by atoms with Crippen molar-refractivity contribution in [2.75, 3.05) is 12.8 Å². The number of sulfonamides is 1. The second-order valence-corrected chi connectivity index (χ2v) is 9.85. The molecule has 10 heteroatoms.